The predicted molar refractivity (Wildman–Crippen MR) is 117 cm³/mol. The maximum atomic E-state index is 13.1. The van der Waals surface area contributed by atoms with Crippen LogP contribution in [0, 0.1) is 5.92 Å². The van der Waals surface area contributed by atoms with Crippen LogP contribution in [-0.2, 0) is 23.5 Å². The minimum absolute atomic E-state index is 0.0627. The van der Waals surface area contributed by atoms with Crippen LogP contribution in [0.2, 0.25) is 18.1 Å². The van der Waals surface area contributed by atoms with Gasteiger partial charge in [0.05, 0.1) is 18.1 Å². The van der Waals surface area contributed by atoms with E-state index in [-0.39, 0.29) is 41.1 Å². The Labute approximate surface area is 179 Å². The highest BCUT2D eigenvalue weighted by Gasteiger charge is 2.60. The summed E-state index contributed by atoms with van der Waals surface area (Å²) in [5, 5.41) is -0.0649. The van der Waals surface area contributed by atoms with Gasteiger partial charge in [0.25, 0.3) is 0 Å². The molecule has 0 bridgehead atoms. The first-order valence-electron chi connectivity index (χ1n) is 10.3. The first-order chi connectivity index (χ1) is 13.5. The molecule has 1 amide bonds. The Balaban J connectivity index is 1.80. The molecule has 6 nitrogen and oxygen atoms in total. The van der Waals surface area contributed by atoms with E-state index in [0.717, 1.165) is 17.7 Å². The minimum atomic E-state index is -2.01. The van der Waals surface area contributed by atoms with Crippen LogP contribution in [0.15, 0.2) is 23.3 Å². The fourth-order valence-electron chi connectivity index (χ4n) is 3.72. The van der Waals surface area contributed by atoms with Gasteiger partial charge in [-0.3, -0.25) is 9.69 Å². The van der Waals surface area contributed by atoms with E-state index < -0.39 is 14.3 Å². The third kappa shape index (κ3) is 4.09. The highest BCUT2D eigenvalue weighted by atomic mass is 32.2. The lowest BCUT2D eigenvalue weighted by molar-refractivity contribution is -0.157. The lowest BCUT2D eigenvalue weighted by atomic mass is 9.92. The second kappa shape index (κ2) is 8.21. The van der Waals surface area contributed by atoms with Crippen molar-refractivity contribution in [1.82, 2.24) is 4.90 Å². The van der Waals surface area contributed by atoms with Crippen LogP contribution in [0.3, 0.4) is 0 Å². The summed E-state index contributed by atoms with van der Waals surface area (Å²) in [6.45, 7) is 17.3. The Bertz CT molecular complexity index is 723. The maximum Gasteiger partial charge on any atom is 0.356 e. The molecular formula is C21H33NO5SSi. The summed E-state index contributed by atoms with van der Waals surface area (Å²) in [5.41, 5.74) is 0.356. The Morgan fingerprint density at radius 2 is 2.14 bits per heavy atom. The Hall–Kier alpha value is -1.09. The van der Waals surface area contributed by atoms with Crippen LogP contribution in [-0.4, -0.2) is 55.9 Å². The van der Waals surface area contributed by atoms with E-state index in [2.05, 4.69) is 40.4 Å². The minimum Gasteiger partial charge on any atom is -0.457 e. The van der Waals surface area contributed by atoms with Crippen molar-refractivity contribution in [2.45, 2.75) is 76.3 Å². The van der Waals surface area contributed by atoms with Gasteiger partial charge >= 0.3 is 5.97 Å². The van der Waals surface area contributed by atoms with Crippen LogP contribution < -0.4 is 0 Å². The molecule has 8 heteroatoms. The number of β-lactam (4-membered cyclic amide) rings is 1. The van der Waals surface area contributed by atoms with Gasteiger partial charge in [0, 0.05) is 11.5 Å². The Morgan fingerprint density at radius 3 is 2.69 bits per heavy atom. The van der Waals surface area contributed by atoms with Gasteiger partial charge in [0.2, 0.25) is 5.91 Å². The monoisotopic (exact) mass is 439 g/mol. The van der Waals surface area contributed by atoms with Crippen LogP contribution >= 0.6 is 11.8 Å². The van der Waals surface area contributed by atoms with E-state index in [0.29, 0.717) is 12.3 Å². The Kier molecular flexibility index (Phi) is 6.39. The van der Waals surface area contributed by atoms with E-state index in [4.69, 9.17) is 13.9 Å². The molecule has 0 radical (unpaired) electrons. The number of rotatable bonds is 7. The molecule has 0 saturated carbocycles. The van der Waals surface area contributed by atoms with Crippen molar-refractivity contribution < 1.29 is 23.5 Å². The molecular weight excluding hydrogens is 406 g/mol. The third-order valence-corrected chi connectivity index (χ3v) is 12.4. The van der Waals surface area contributed by atoms with Gasteiger partial charge in [0.15, 0.2) is 8.32 Å². The summed E-state index contributed by atoms with van der Waals surface area (Å²) >= 11 is 1.57. The van der Waals surface area contributed by atoms with Crippen molar-refractivity contribution >= 4 is 32.0 Å². The summed E-state index contributed by atoms with van der Waals surface area (Å²) in [5.74, 6) is -0.808. The van der Waals surface area contributed by atoms with E-state index in [9.17, 15) is 9.59 Å². The molecule has 29 heavy (non-hydrogen) atoms. The zero-order chi connectivity index (χ0) is 21.6. The van der Waals surface area contributed by atoms with Crippen molar-refractivity contribution in [1.29, 1.82) is 0 Å². The van der Waals surface area contributed by atoms with Gasteiger partial charge in [-0.25, -0.2) is 4.79 Å². The van der Waals surface area contributed by atoms with Gasteiger partial charge < -0.3 is 13.9 Å². The van der Waals surface area contributed by atoms with Gasteiger partial charge in [-0.2, -0.15) is 0 Å². The highest BCUT2D eigenvalue weighted by Crippen LogP contribution is 2.54. The number of thioether (sulfide) groups is 1. The van der Waals surface area contributed by atoms with E-state index in [1.807, 2.05) is 6.92 Å². The molecule has 2 fully saturated rings. The van der Waals surface area contributed by atoms with Gasteiger partial charge in [0.1, 0.15) is 17.7 Å². The molecule has 4 unspecified atom stereocenters. The number of carbonyl (C=O) groups excluding carboxylic acids is 2. The van der Waals surface area contributed by atoms with E-state index in [1.165, 1.54) is 6.08 Å². The molecule has 162 valence electrons. The summed E-state index contributed by atoms with van der Waals surface area (Å²) in [4.78, 5) is 28.3. The molecule has 3 aliphatic rings. The summed E-state index contributed by atoms with van der Waals surface area (Å²) in [6.07, 6.45) is 3.00. The van der Waals surface area contributed by atoms with Crippen molar-refractivity contribution in [3.05, 3.63) is 23.3 Å². The number of hydrogen-bond acceptors (Lipinski definition) is 6. The highest BCUT2D eigenvalue weighted by molar-refractivity contribution is 8.04. The molecule has 0 aromatic heterocycles. The number of carbonyl (C=O) groups is 2. The van der Waals surface area contributed by atoms with Gasteiger partial charge in [-0.05, 0) is 37.9 Å². The standard InChI is InChI=1S/C21H33NO5SSi/c1-8-11-26-20(24)16-17(14-10-9-12-25-14)28-19-15(18(23)22(16)19)13(2)27-29(6,7)21(3,4)5/h8,13-15,19H,1,9-12H2,2-7H3. The topological polar surface area (TPSA) is 65.1 Å². The van der Waals surface area contributed by atoms with Crippen molar-refractivity contribution in [2.24, 2.45) is 5.92 Å². The number of amides is 1. The normalized spacial score (nSPS) is 28.3. The fraction of sp³-hybridized carbons (Fsp3) is 0.714. The van der Waals surface area contributed by atoms with Crippen LogP contribution in [0.1, 0.15) is 40.5 Å². The summed E-state index contributed by atoms with van der Waals surface area (Å²) in [6, 6.07) is 0. The molecule has 0 aromatic carbocycles. The quantitative estimate of drug-likeness (QED) is 0.258. The SMILES string of the molecule is C=CCOC(=O)C1=C(C2CCCO2)SC2C(C(C)O[Si](C)(C)C(C)(C)C)C(=O)N12. The number of esters is 1. The molecule has 3 heterocycles. The number of hydrogen-bond donors (Lipinski definition) is 0. The van der Waals surface area contributed by atoms with Gasteiger partial charge in [-0.1, -0.05) is 45.2 Å². The molecule has 0 N–H and O–H groups in total. The molecule has 2 saturated heterocycles. The second-order valence-corrected chi connectivity index (χ2v) is 15.3. The van der Waals surface area contributed by atoms with E-state index in [1.54, 1.807) is 16.7 Å². The third-order valence-electron chi connectivity index (χ3n) is 6.35. The zero-order valence-electron chi connectivity index (χ0n) is 18.3. The molecule has 3 aliphatic heterocycles. The summed E-state index contributed by atoms with van der Waals surface area (Å²) < 4.78 is 17.6. The lowest BCUT2D eigenvalue weighted by Gasteiger charge is -2.48. The van der Waals surface area contributed by atoms with Crippen LogP contribution in [0.25, 0.3) is 0 Å². The fourth-order valence-corrected chi connectivity index (χ4v) is 6.84. The average Bonchev–Trinajstić information content (AvgIpc) is 3.23. The molecule has 0 spiro atoms. The Morgan fingerprint density at radius 1 is 1.45 bits per heavy atom. The lowest BCUT2D eigenvalue weighted by Crippen LogP contribution is -2.62. The molecule has 0 aromatic rings. The smallest absolute Gasteiger partial charge is 0.356 e. The van der Waals surface area contributed by atoms with Crippen LogP contribution in [0.4, 0.5) is 0 Å². The predicted octanol–water partition coefficient (Wildman–Crippen LogP) is 4.05. The maximum absolute atomic E-state index is 13.1. The molecule has 0 aliphatic carbocycles. The average molecular weight is 440 g/mol. The molecule has 3 rings (SSSR count). The zero-order valence-corrected chi connectivity index (χ0v) is 20.1. The number of fused-ring (bicyclic) bond motifs is 1. The summed E-state index contributed by atoms with van der Waals surface area (Å²) in [7, 11) is -2.01. The van der Waals surface area contributed by atoms with Crippen molar-refractivity contribution in [3.8, 4) is 0 Å². The van der Waals surface area contributed by atoms with Crippen molar-refractivity contribution in [2.75, 3.05) is 13.2 Å². The second-order valence-electron chi connectivity index (χ2n) is 9.43. The largest absolute Gasteiger partial charge is 0.457 e. The first kappa shape index (κ1) is 22.6. The number of nitrogens with zero attached hydrogens (tertiary/aromatic N) is 1. The molecule has 4 atom stereocenters. The van der Waals surface area contributed by atoms with Crippen molar-refractivity contribution in [3.63, 3.8) is 0 Å². The van der Waals surface area contributed by atoms with Gasteiger partial charge in [-0.15, -0.1) is 0 Å². The van der Waals surface area contributed by atoms with E-state index >= 15 is 0 Å². The number of ether oxygens (including phenoxy) is 2. The van der Waals surface area contributed by atoms with Crippen LogP contribution in [0.5, 0.6) is 0 Å². The first-order valence-corrected chi connectivity index (χ1v) is 14.1.